The molecule has 1 atom stereocenters. The first kappa shape index (κ1) is 8.25. The second kappa shape index (κ2) is 2.85. The number of hydrogen-bond acceptors (Lipinski definition) is 3. The zero-order valence-corrected chi connectivity index (χ0v) is 7.47. The van der Waals surface area contributed by atoms with E-state index in [0.717, 1.165) is 12.1 Å². The maximum Gasteiger partial charge on any atom is 0.244 e. The Morgan fingerprint density at radius 1 is 1.69 bits per heavy atom. The molecule has 0 bridgehead atoms. The summed E-state index contributed by atoms with van der Waals surface area (Å²) in [5.74, 6) is -0.00648. The van der Waals surface area contributed by atoms with Gasteiger partial charge in [0.1, 0.15) is 0 Å². The Morgan fingerprint density at radius 3 is 2.92 bits per heavy atom. The number of aromatic nitrogens is 2. The molecule has 2 rings (SSSR count). The molecule has 0 aromatic carbocycles. The number of nitrogens with two attached hydrogens (primary N) is 1. The predicted octanol–water partition coefficient (Wildman–Crippen LogP) is -0.516. The van der Waals surface area contributed by atoms with Crippen LogP contribution in [0.1, 0.15) is 6.42 Å². The van der Waals surface area contributed by atoms with Crippen LogP contribution in [0.3, 0.4) is 0 Å². The summed E-state index contributed by atoms with van der Waals surface area (Å²) in [7, 11) is 1.82. The monoisotopic (exact) mass is 180 g/mol. The maximum absolute atomic E-state index is 11.5. The third-order valence-corrected chi connectivity index (χ3v) is 2.25. The number of nitrogens with zero attached hydrogens (tertiary/aromatic N) is 3. The van der Waals surface area contributed by atoms with Crippen LogP contribution in [0.25, 0.3) is 0 Å². The molecule has 0 saturated carbocycles. The average Bonchev–Trinajstić information content (AvgIpc) is 2.62. The van der Waals surface area contributed by atoms with Crippen LogP contribution in [0.2, 0.25) is 0 Å². The van der Waals surface area contributed by atoms with E-state index in [1.54, 1.807) is 15.8 Å². The molecule has 5 nitrogen and oxygen atoms in total. The predicted molar refractivity (Wildman–Crippen MR) is 48.2 cm³/mol. The number of amides is 1. The molecule has 1 aromatic rings. The van der Waals surface area contributed by atoms with Crippen molar-refractivity contribution in [2.75, 3.05) is 11.4 Å². The summed E-state index contributed by atoms with van der Waals surface area (Å²) in [6.07, 6.45) is 4.22. The van der Waals surface area contributed by atoms with E-state index in [0.29, 0.717) is 6.54 Å². The lowest BCUT2D eigenvalue weighted by atomic mass is 10.3. The zero-order chi connectivity index (χ0) is 9.42. The van der Waals surface area contributed by atoms with Gasteiger partial charge in [0.25, 0.3) is 0 Å². The molecule has 1 amide bonds. The molecule has 1 saturated heterocycles. The van der Waals surface area contributed by atoms with E-state index < -0.39 is 0 Å². The van der Waals surface area contributed by atoms with E-state index in [1.165, 1.54) is 0 Å². The van der Waals surface area contributed by atoms with Crippen molar-refractivity contribution in [1.29, 1.82) is 0 Å². The number of aryl methyl sites for hydroxylation is 1. The average molecular weight is 180 g/mol. The Morgan fingerprint density at radius 2 is 2.46 bits per heavy atom. The Hall–Kier alpha value is -1.36. The summed E-state index contributed by atoms with van der Waals surface area (Å²) in [6.45, 7) is 0.700. The summed E-state index contributed by atoms with van der Waals surface area (Å²) >= 11 is 0. The fraction of sp³-hybridized carbons (Fsp3) is 0.500. The lowest BCUT2D eigenvalue weighted by Gasteiger charge is -2.12. The topological polar surface area (TPSA) is 64.2 Å². The lowest BCUT2D eigenvalue weighted by Crippen LogP contribution is -2.33. The number of hydrogen-bond donors (Lipinski definition) is 1. The highest BCUT2D eigenvalue weighted by molar-refractivity contribution is 5.98. The van der Waals surface area contributed by atoms with E-state index in [9.17, 15) is 4.79 Å². The molecule has 13 heavy (non-hydrogen) atoms. The van der Waals surface area contributed by atoms with Gasteiger partial charge in [0.2, 0.25) is 5.91 Å². The van der Waals surface area contributed by atoms with Crippen molar-refractivity contribution < 1.29 is 4.79 Å². The summed E-state index contributed by atoms with van der Waals surface area (Å²) in [5.41, 5.74) is 6.43. The molecule has 5 heteroatoms. The van der Waals surface area contributed by atoms with Gasteiger partial charge in [0, 0.05) is 19.8 Å². The van der Waals surface area contributed by atoms with E-state index in [1.807, 2.05) is 13.2 Å². The second-order valence-corrected chi connectivity index (χ2v) is 3.26. The van der Waals surface area contributed by atoms with Crippen LogP contribution in [-0.2, 0) is 11.8 Å². The molecule has 1 aliphatic heterocycles. The molecule has 2 heterocycles. The first-order valence-electron chi connectivity index (χ1n) is 4.24. The number of carbonyl (C=O) groups is 1. The van der Waals surface area contributed by atoms with Crippen LogP contribution in [-0.4, -0.2) is 28.3 Å². The highest BCUT2D eigenvalue weighted by atomic mass is 16.2. The Labute approximate surface area is 76.1 Å². The molecule has 70 valence electrons. The van der Waals surface area contributed by atoms with Gasteiger partial charge in [-0.2, -0.15) is 5.10 Å². The van der Waals surface area contributed by atoms with Gasteiger partial charge in [-0.1, -0.05) is 0 Å². The number of carbonyl (C=O) groups excluding carboxylic acids is 1. The standard InChI is InChI=1S/C8H12N4O/c1-11-5-6(4-10-11)12-3-2-7(9)8(12)13/h4-5,7H,2-3,9H2,1H3/t7-/m0/s1. The van der Waals surface area contributed by atoms with Gasteiger partial charge in [-0.3, -0.25) is 9.48 Å². The van der Waals surface area contributed by atoms with Gasteiger partial charge in [-0.05, 0) is 6.42 Å². The minimum absolute atomic E-state index is 0.00648. The molecule has 1 aromatic heterocycles. The van der Waals surface area contributed by atoms with Crippen molar-refractivity contribution in [3.8, 4) is 0 Å². The molecule has 1 fully saturated rings. The van der Waals surface area contributed by atoms with E-state index in [4.69, 9.17) is 5.73 Å². The van der Waals surface area contributed by atoms with Crippen molar-refractivity contribution in [3.63, 3.8) is 0 Å². The van der Waals surface area contributed by atoms with Crippen molar-refractivity contribution in [2.24, 2.45) is 12.8 Å². The molecule has 0 unspecified atom stereocenters. The smallest absolute Gasteiger partial charge is 0.244 e. The van der Waals surface area contributed by atoms with Gasteiger partial charge < -0.3 is 10.6 Å². The summed E-state index contributed by atoms with van der Waals surface area (Å²) in [4.78, 5) is 13.2. The van der Waals surface area contributed by atoms with E-state index >= 15 is 0 Å². The Bertz CT molecular complexity index is 333. The fourth-order valence-electron chi connectivity index (χ4n) is 1.51. The quantitative estimate of drug-likeness (QED) is 0.632. The third-order valence-electron chi connectivity index (χ3n) is 2.25. The third kappa shape index (κ3) is 1.31. The van der Waals surface area contributed by atoms with Crippen LogP contribution < -0.4 is 10.6 Å². The molecule has 1 aliphatic rings. The van der Waals surface area contributed by atoms with Gasteiger partial charge in [0.05, 0.1) is 17.9 Å². The molecule has 0 radical (unpaired) electrons. The normalized spacial score (nSPS) is 22.8. The van der Waals surface area contributed by atoms with Gasteiger partial charge in [0.15, 0.2) is 0 Å². The maximum atomic E-state index is 11.5. The zero-order valence-electron chi connectivity index (χ0n) is 7.47. The second-order valence-electron chi connectivity index (χ2n) is 3.26. The molecule has 2 N–H and O–H groups in total. The summed E-state index contributed by atoms with van der Waals surface area (Å²) in [5, 5.41) is 4.00. The molecular formula is C8H12N4O. The minimum atomic E-state index is -0.333. The van der Waals surface area contributed by atoms with E-state index in [2.05, 4.69) is 5.10 Å². The number of rotatable bonds is 1. The van der Waals surface area contributed by atoms with Crippen LogP contribution in [0.4, 0.5) is 5.69 Å². The van der Waals surface area contributed by atoms with Crippen LogP contribution in [0.5, 0.6) is 0 Å². The molecule has 0 spiro atoms. The fourth-order valence-corrected chi connectivity index (χ4v) is 1.51. The van der Waals surface area contributed by atoms with Crippen LogP contribution >= 0.6 is 0 Å². The Kier molecular flexibility index (Phi) is 1.81. The molecule has 0 aliphatic carbocycles. The van der Waals surface area contributed by atoms with Crippen molar-refractivity contribution in [3.05, 3.63) is 12.4 Å². The minimum Gasteiger partial charge on any atom is -0.320 e. The van der Waals surface area contributed by atoms with Crippen molar-refractivity contribution >= 4 is 11.6 Å². The highest BCUT2D eigenvalue weighted by Crippen LogP contribution is 2.19. The Balaban J connectivity index is 2.23. The summed E-state index contributed by atoms with van der Waals surface area (Å²) < 4.78 is 1.67. The molecular weight excluding hydrogens is 168 g/mol. The van der Waals surface area contributed by atoms with Gasteiger partial charge in [-0.25, -0.2) is 0 Å². The van der Waals surface area contributed by atoms with Gasteiger partial charge in [-0.15, -0.1) is 0 Å². The lowest BCUT2D eigenvalue weighted by molar-refractivity contribution is -0.118. The highest BCUT2D eigenvalue weighted by Gasteiger charge is 2.29. The first-order chi connectivity index (χ1) is 6.18. The van der Waals surface area contributed by atoms with Crippen molar-refractivity contribution in [2.45, 2.75) is 12.5 Å². The largest absolute Gasteiger partial charge is 0.320 e. The van der Waals surface area contributed by atoms with Crippen LogP contribution in [0, 0.1) is 0 Å². The van der Waals surface area contributed by atoms with Gasteiger partial charge >= 0.3 is 0 Å². The number of anilines is 1. The van der Waals surface area contributed by atoms with E-state index in [-0.39, 0.29) is 11.9 Å². The van der Waals surface area contributed by atoms with Crippen LogP contribution in [0.15, 0.2) is 12.4 Å². The summed E-state index contributed by atoms with van der Waals surface area (Å²) in [6, 6.07) is -0.333. The van der Waals surface area contributed by atoms with Crippen molar-refractivity contribution in [1.82, 2.24) is 9.78 Å². The first-order valence-corrected chi connectivity index (χ1v) is 4.24. The SMILES string of the molecule is Cn1cc(N2CC[C@H](N)C2=O)cn1.